The number of rotatable bonds is 8. The number of carboxylic acids is 1. The zero-order valence-corrected chi connectivity index (χ0v) is 24.2. The molecule has 1 aliphatic rings. The van der Waals surface area contributed by atoms with Crippen LogP contribution < -0.4 is 4.90 Å². The second-order valence-electron chi connectivity index (χ2n) is 11.0. The fraction of sp³-hybridized carbons (Fsp3) is 0.300. The number of hydrogen-bond acceptors (Lipinski definition) is 6. The number of anilines is 1. The van der Waals surface area contributed by atoms with Gasteiger partial charge in [0, 0.05) is 28.6 Å². The molecule has 7 nitrogen and oxygen atoms in total. The van der Waals surface area contributed by atoms with Crippen LogP contribution in [0.5, 0.6) is 0 Å². The van der Waals surface area contributed by atoms with E-state index in [2.05, 4.69) is 0 Å². The summed E-state index contributed by atoms with van der Waals surface area (Å²) in [7, 11) is -3.35. The van der Waals surface area contributed by atoms with Crippen molar-refractivity contribution in [3.05, 3.63) is 95.3 Å². The van der Waals surface area contributed by atoms with Gasteiger partial charge in [-0.05, 0) is 60.9 Å². The minimum atomic E-state index is -3.35. The summed E-state index contributed by atoms with van der Waals surface area (Å²) in [6, 6.07) is 21.8. The van der Waals surface area contributed by atoms with Crippen LogP contribution in [0, 0.1) is 0 Å². The van der Waals surface area contributed by atoms with Crippen molar-refractivity contribution >= 4 is 33.1 Å². The number of sulfone groups is 1. The Labute approximate surface area is 234 Å². The minimum Gasteiger partial charge on any atom is -0.477 e. The summed E-state index contributed by atoms with van der Waals surface area (Å²) in [6.07, 6.45) is 2.22. The van der Waals surface area contributed by atoms with Crippen molar-refractivity contribution in [1.82, 2.24) is 4.90 Å². The SMILES string of the molecule is CC(C)(c1ccccc1Cl)C1N(c2ccc(-c3cccc(S(C)(=O)=O)c3)cc2)C=C(C(=O)O)N1C(C)(C)CO. The maximum atomic E-state index is 12.5. The van der Waals surface area contributed by atoms with Gasteiger partial charge in [-0.25, -0.2) is 13.2 Å². The van der Waals surface area contributed by atoms with Gasteiger partial charge < -0.3 is 20.0 Å². The van der Waals surface area contributed by atoms with Gasteiger partial charge in [0.2, 0.25) is 0 Å². The maximum absolute atomic E-state index is 12.5. The van der Waals surface area contributed by atoms with Crippen LogP contribution in [0.15, 0.2) is 89.6 Å². The molecule has 1 heterocycles. The molecule has 1 atom stereocenters. The third kappa shape index (κ3) is 5.41. The van der Waals surface area contributed by atoms with Crippen molar-refractivity contribution in [3.8, 4) is 11.1 Å². The Hall–Kier alpha value is -3.33. The molecular formula is C30H33ClN2O5S. The van der Waals surface area contributed by atoms with Crippen molar-refractivity contribution in [2.24, 2.45) is 0 Å². The maximum Gasteiger partial charge on any atom is 0.353 e. The van der Waals surface area contributed by atoms with Crippen LogP contribution in [0.2, 0.25) is 5.02 Å². The summed E-state index contributed by atoms with van der Waals surface area (Å²) in [5.41, 5.74) is 1.61. The number of hydrogen-bond donors (Lipinski definition) is 2. The number of aliphatic hydroxyl groups is 1. The molecule has 0 fully saturated rings. The van der Waals surface area contributed by atoms with Crippen LogP contribution in [-0.2, 0) is 20.0 Å². The first-order valence-electron chi connectivity index (χ1n) is 12.5. The number of aliphatic hydroxyl groups excluding tert-OH is 1. The van der Waals surface area contributed by atoms with Gasteiger partial charge in [0.25, 0.3) is 0 Å². The highest BCUT2D eigenvalue weighted by Crippen LogP contribution is 2.45. The number of benzene rings is 3. The number of nitrogens with zero attached hydrogens (tertiary/aromatic N) is 2. The van der Waals surface area contributed by atoms with Gasteiger partial charge in [0.05, 0.1) is 17.0 Å². The molecule has 2 N–H and O–H groups in total. The summed E-state index contributed by atoms with van der Waals surface area (Å²) in [6.45, 7) is 7.36. The molecular weight excluding hydrogens is 536 g/mol. The zero-order valence-electron chi connectivity index (χ0n) is 22.6. The van der Waals surface area contributed by atoms with E-state index in [1.165, 1.54) is 6.26 Å². The van der Waals surface area contributed by atoms with E-state index in [-0.39, 0.29) is 17.2 Å². The molecule has 206 valence electrons. The van der Waals surface area contributed by atoms with Gasteiger partial charge >= 0.3 is 5.97 Å². The molecule has 0 saturated heterocycles. The first-order valence-corrected chi connectivity index (χ1v) is 14.7. The van der Waals surface area contributed by atoms with Gasteiger partial charge in [-0.1, -0.05) is 67.9 Å². The summed E-state index contributed by atoms with van der Waals surface area (Å²) in [4.78, 5) is 16.4. The molecule has 0 spiro atoms. The summed E-state index contributed by atoms with van der Waals surface area (Å²) < 4.78 is 24.1. The molecule has 0 aliphatic carbocycles. The third-order valence-corrected chi connectivity index (χ3v) is 8.70. The van der Waals surface area contributed by atoms with E-state index in [0.717, 1.165) is 22.4 Å². The Kier molecular flexibility index (Phi) is 7.60. The number of aliphatic carboxylic acids is 1. The largest absolute Gasteiger partial charge is 0.477 e. The number of halogens is 1. The van der Waals surface area contributed by atoms with Crippen LogP contribution in [0.4, 0.5) is 5.69 Å². The molecule has 0 amide bonds. The Morgan fingerprint density at radius 3 is 2.15 bits per heavy atom. The molecule has 39 heavy (non-hydrogen) atoms. The number of carbonyl (C=O) groups is 1. The van der Waals surface area contributed by atoms with Gasteiger partial charge in [0.15, 0.2) is 9.84 Å². The van der Waals surface area contributed by atoms with E-state index in [0.29, 0.717) is 5.02 Å². The highest BCUT2D eigenvalue weighted by Gasteiger charge is 2.51. The Morgan fingerprint density at radius 1 is 0.949 bits per heavy atom. The van der Waals surface area contributed by atoms with Crippen LogP contribution in [0.3, 0.4) is 0 Å². The van der Waals surface area contributed by atoms with Gasteiger partial charge in [-0.15, -0.1) is 0 Å². The van der Waals surface area contributed by atoms with Gasteiger partial charge in [0.1, 0.15) is 11.9 Å². The van der Waals surface area contributed by atoms with E-state index in [9.17, 15) is 23.4 Å². The standard InChI is InChI=1S/C30H33ClN2O5S/c1-29(2,19-34)33-26(27(35)36)18-32(28(33)30(3,4)24-11-6-7-12-25(24)31)22-15-13-20(14-16-22)21-9-8-10-23(17-21)39(5,37)38/h6-18,28,34H,19H2,1-5H3,(H,35,36). The minimum absolute atomic E-state index is 0.0594. The summed E-state index contributed by atoms with van der Waals surface area (Å²) >= 11 is 6.65. The van der Waals surface area contributed by atoms with Crippen LogP contribution >= 0.6 is 11.6 Å². The Balaban J connectivity index is 1.85. The molecule has 3 aromatic rings. The molecule has 1 unspecified atom stereocenters. The van der Waals surface area contributed by atoms with Crippen molar-refractivity contribution in [3.63, 3.8) is 0 Å². The highest BCUT2D eigenvalue weighted by atomic mass is 35.5. The fourth-order valence-corrected chi connectivity index (χ4v) is 6.20. The van der Waals surface area contributed by atoms with E-state index >= 15 is 0 Å². The highest BCUT2D eigenvalue weighted by molar-refractivity contribution is 7.90. The molecule has 9 heteroatoms. The lowest BCUT2D eigenvalue weighted by Crippen LogP contribution is -2.60. The normalized spacial score (nSPS) is 16.4. The Morgan fingerprint density at radius 2 is 1.59 bits per heavy atom. The average molecular weight is 569 g/mol. The third-order valence-electron chi connectivity index (χ3n) is 7.26. The zero-order chi connectivity index (χ0) is 28.8. The lowest BCUT2D eigenvalue weighted by Gasteiger charge is -2.50. The summed E-state index contributed by atoms with van der Waals surface area (Å²) in [5, 5.41) is 21.1. The van der Waals surface area contributed by atoms with E-state index in [1.807, 2.05) is 73.3 Å². The molecule has 0 bridgehead atoms. The lowest BCUT2D eigenvalue weighted by molar-refractivity contribution is -0.136. The topological polar surface area (TPSA) is 98.2 Å². The molecule has 3 aromatic carbocycles. The van der Waals surface area contributed by atoms with Gasteiger partial charge in [-0.2, -0.15) is 0 Å². The second kappa shape index (κ2) is 10.3. The van der Waals surface area contributed by atoms with Crippen molar-refractivity contribution in [1.29, 1.82) is 0 Å². The van der Waals surface area contributed by atoms with Gasteiger partial charge in [-0.3, -0.25) is 0 Å². The van der Waals surface area contributed by atoms with Crippen molar-refractivity contribution < 1.29 is 23.4 Å². The van der Waals surface area contributed by atoms with Crippen LogP contribution in [0.25, 0.3) is 11.1 Å². The average Bonchev–Trinajstić information content (AvgIpc) is 3.32. The van der Waals surface area contributed by atoms with E-state index < -0.39 is 32.9 Å². The van der Waals surface area contributed by atoms with E-state index in [4.69, 9.17) is 11.6 Å². The monoisotopic (exact) mass is 568 g/mol. The molecule has 0 aromatic heterocycles. The molecule has 0 radical (unpaired) electrons. The molecule has 4 rings (SSSR count). The van der Waals surface area contributed by atoms with Crippen molar-refractivity contribution in [2.45, 2.75) is 49.7 Å². The predicted octanol–water partition coefficient (Wildman–Crippen LogP) is 5.53. The first kappa shape index (κ1) is 28.7. The quantitative estimate of drug-likeness (QED) is 0.368. The Bertz CT molecular complexity index is 1530. The second-order valence-corrected chi connectivity index (χ2v) is 13.4. The molecule has 1 aliphatic heterocycles. The molecule has 0 saturated carbocycles. The lowest BCUT2D eigenvalue weighted by atomic mass is 9.79. The summed E-state index contributed by atoms with van der Waals surface area (Å²) in [5.74, 6) is -1.10. The van der Waals surface area contributed by atoms with E-state index in [1.54, 1.807) is 43.1 Å². The van der Waals surface area contributed by atoms with Crippen LogP contribution in [0.1, 0.15) is 33.3 Å². The first-order chi connectivity index (χ1) is 18.2. The fourth-order valence-electron chi connectivity index (χ4n) is 5.15. The van der Waals surface area contributed by atoms with Crippen molar-refractivity contribution in [2.75, 3.05) is 17.8 Å². The van der Waals surface area contributed by atoms with Crippen LogP contribution in [-0.4, -0.2) is 54.1 Å². The number of carboxylic acid groups (broad SMARTS) is 1. The predicted molar refractivity (Wildman–Crippen MR) is 154 cm³/mol. The smallest absolute Gasteiger partial charge is 0.353 e.